The standard InChI is InChI=1S/C17H21N3O4/c21-15(20-7-5-17(6-8-20)23-9-10-24-17)11-14-16(22)19-13-4-2-1-3-12(13)18-14/h1-4,14,18H,5-11H2,(H,19,22). The summed E-state index contributed by atoms with van der Waals surface area (Å²) in [6.07, 6.45) is 1.52. The van der Waals surface area contributed by atoms with Gasteiger partial charge in [-0.05, 0) is 12.1 Å². The summed E-state index contributed by atoms with van der Waals surface area (Å²) in [6.45, 7) is 2.45. The van der Waals surface area contributed by atoms with Gasteiger partial charge >= 0.3 is 0 Å². The van der Waals surface area contributed by atoms with Gasteiger partial charge in [-0.15, -0.1) is 0 Å². The summed E-state index contributed by atoms with van der Waals surface area (Å²) in [6, 6.07) is 6.95. The average Bonchev–Trinajstić information content (AvgIpc) is 3.04. The molecular formula is C17H21N3O4. The summed E-state index contributed by atoms with van der Waals surface area (Å²) in [5.41, 5.74) is 1.60. The van der Waals surface area contributed by atoms with E-state index in [0.29, 0.717) is 39.1 Å². The lowest BCUT2D eigenvalue weighted by atomic mass is 10.0. The van der Waals surface area contributed by atoms with Gasteiger partial charge in [0.05, 0.1) is 31.0 Å². The highest BCUT2D eigenvalue weighted by Gasteiger charge is 2.41. The molecule has 2 fully saturated rings. The molecule has 1 aromatic carbocycles. The van der Waals surface area contributed by atoms with Crippen LogP contribution in [0.1, 0.15) is 19.3 Å². The van der Waals surface area contributed by atoms with Crippen LogP contribution in [0.4, 0.5) is 11.4 Å². The zero-order valence-corrected chi connectivity index (χ0v) is 13.4. The van der Waals surface area contributed by atoms with E-state index in [2.05, 4.69) is 10.6 Å². The number of carbonyl (C=O) groups is 2. The van der Waals surface area contributed by atoms with Crippen LogP contribution in [0.25, 0.3) is 0 Å². The Bertz CT molecular complexity index is 647. The van der Waals surface area contributed by atoms with Crippen LogP contribution in [-0.2, 0) is 19.1 Å². The molecule has 1 spiro atoms. The third-order valence-corrected chi connectivity index (χ3v) is 4.90. The van der Waals surface area contributed by atoms with Gasteiger partial charge in [0, 0.05) is 25.9 Å². The number of nitrogens with one attached hydrogen (secondary N) is 2. The monoisotopic (exact) mass is 331 g/mol. The lowest BCUT2D eigenvalue weighted by molar-refractivity contribution is -0.187. The van der Waals surface area contributed by atoms with Gasteiger partial charge in [0.1, 0.15) is 6.04 Å². The highest BCUT2D eigenvalue weighted by molar-refractivity contribution is 6.04. The summed E-state index contributed by atoms with van der Waals surface area (Å²) < 4.78 is 11.4. The zero-order chi connectivity index (χ0) is 16.6. The molecule has 2 amide bonds. The lowest BCUT2D eigenvalue weighted by Crippen LogP contribution is -2.49. The van der Waals surface area contributed by atoms with Crippen molar-refractivity contribution in [3.63, 3.8) is 0 Å². The summed E-state index contributed by atoms with van der Waals surface area (Å²) in [7, 11) is 0. The number of fused-ring (bicyclic) bond motifs is 1. The molecule has 0 aliphatic carbocycles. The number of ether oxygens (including phenoxy) is 2. The molecule has 3 aliphatic heterocycles. The van der Waals surface area contributed by atoms with E-state index in [1.54, 1.807) is 4.90 Å². The van der Waals surface area contributed by atoms with E-state index in [1.807, 2.05) is 24.3 Å². The molecule has 3 heterocycles. The molecule has 1 unspecified atom stereocenters. The minimum absolute atomic E-state index is 0.0186. The van der Waals surface area contributed by atoms with Crippen molar-refractivity contribution in [1.29, 1.82) is 0 Å². The summed E-state index contributed by atoms with van der Waals surface area (Å²) in [5, 5.41) is 6.00. The number of para-hydroxylation sites is 2. The zero-order valence-electron chi connectivity index (χ0n) is 13.4. The van der Waals surface area contributed by atoms with Gasteiger partial charge in [0.25, 0.3) is 0 Å². The normalized spacial score (nSPS) is 25.1. The topological polar surface area (TPSA) is 79.9 Å². The molecule has 7 heteroatoms. The van der Waals surface area contributed by atoms with Gasteiger partial charge in [-0.2, -0.15) is 0 Å². The van der Waals surface area contributed by atoms with Crippen LogP contribution in [-0.4, -0.2) is 54.8 Å². The molecule has 0 saturated carbocycles. The first kappa shape index (κ1) is 15.4. The molecule has 2 saturated heterocycles. The SMILES string of the molecule is O=C1Nc2ccccc2NC1CC(=O)N1CCC2(CC1)OCCO2. The van der Waals surface area contributed by atoms with Crippen molar-refractivity contribution in [2.45, 2.75) is 31.1 Å². The predicted molar refractivity (Wildman–Crippen MR) is 87.5 cm³/mol. The predicted octanol–water partition coefficient (Wildman–Crippen LogP) is 1.17. The van der Waals surface area contributed by atoms with E-state index in [4.69, 9.17) is 9.47 Å². The Labute approximate surface area is 140 Å². The molecule has 4 rings (SSSR count). The maximum atomic E-state index is 12.6. The minimum atomic E-state index is -0.540. The Kier molecular flexibility index (Phi) is 3.90. The number of rotatable bonds is 2. The third kappa shape index (κ3) is 2.85. The fourth-order valence-electron chi connectivity index (χ4n) is 3.52. The van der Waals surface area contributed by atoms with Gasteiger partial charge in [0.2, 0.25) is 11.8 Å². The van der Waals surface area contributed by atoms with Crippen molar-refractivity contribution < 1.29 is 19.1 Å². The van der Waals surface area contributed by atoms with Crippen molar-refractivity contribution in [2.75, 3.05) is 36.9 Å². The molecule has 0 aromatic heterocycles. The van der Waals surface area contributed by atoms with Gasteiger partial charge < -0.3 is 25.0 Å². The second-order valence-electron chi connectivity index (χ2n) is 6.42. The van der Waals surface area contributed by atoms with E-state index in [1.165, 1.54) is 0 Å². The first-order valence-corrected chi connectivity index (χ1v) is 8.37. The maximum absolute atomic E-state index is 12.6. The fourth-order valence-corrected chi connectivity index (χ4v) is 3.52. The first-order chi connectivity index (χ1) is 11.7. The summed E-state index contributed by atoms with van der Waals surface area (Å²) >= 11 is 0. The van der Waals surface area contributed by atoms with Gasteiger partial charge in [-0.3, -0.25) is 9.59 Å². The minimum Gasteiger partial charge on any atom is -0.372 e. The Morgan fingerprint density at radius 2 is 1.83 bits per heavy atom. The Morgan fingerprint density at radius 1 is 1.17 bits per heavy atom. The Balaban J connectivity index is 1.36. The number of amides is 2. The van der Waals surface area contributed by atoms with Gasteiger partial charge in [-0.25, -0.2) is 0 Å². The van der Waals surface area contributed by atoms with E-state index in [-0.39, 0.29) is 18.2 Å². The number of benzene rings is 1. The number of hydrogen-bond acceptors (Lipinski definition) is 5. The number of likely N-dealkylation sites (tertiary alicyclic amines) is 1. The largest absolute Gasteiger partial charge is 0.372 e. The lowest BCUT2D eigenvalue weighted by Gasteiger charge is -2.38. The van der Waals surface area contributed by atoms with Crippen LogP contribution in [0.3, 0.4) is 0 Å². The molecule has 0 bridgehead atoms. The van der Waals surface area contributed by atoms with E-state index < -0.39 is 11.8 Å². The molecular weight excluding hydrogens is 310 g/mol. The molecule has 2 N–H and O–H groups in total. The van der Waals surface area contributed by atoms with E-state index in [9.17, 15) is 9.59 Å². The Morgan fingerprint density at radius 3 is 2.54 bits per heavy atom. The van der Waals surface area contributed by atoms with E-state index >= 15 is 0 Å². The van der Waals surface area contributed by atoms with Gasteiger partial charge in [0.15, 0.2) is 5.79 Å². The smallest absolute Gasteiger partial charge is 0.247 e. The summed E-state index contributed by atoms with van der Waals surface area (Å²) in [5.74, 6) is -0.677. The molecule has 1 aromatic rings. The molecule has 7 nitrogen and oxygen atoms in total. The first-order valence-electron chi connectivity index (χ1n) is 8.37. The molecule has 24 heavy (non-hydrogen) atoms. The number of hydrogen-bond donors (Lipinski definition) is 2. The van der Waals surface area contributed by atoms with Crippen LogP contribution < -0.4 is 10.6 Å². The highest BCUT2D eigenvalue weighted by Crippen LogP contribution is 2.32. The third-order valence-electron chi connectivity index (χ3n) is 4.90. The van der Waals surface area contributed by atoms with Crippen LogP contribution in [0, 0.1) is 0 Å². The fraction of sp³-hybridized carbons (Fsp3) is 0.529. The summed E-state index contributed by atoms with van der Waals surface area (Å²) in [4.78, 5) is 26.5. The highest BCUT2D eigenvalue weighted by atomic mass is 16.7. The number of anilines is 2. The van der Waals surface area contributed by atoms with Crippen LogP contribution in [0.5, 0.6) is 0 Å². The van der Waals surface area contributed by atoms with Crippen molar-refractivity contribution in [3.8, 4) is 0 Å². The van der Waals surface area contributed by atoms with Crippen LogP contribution in [0.15, 0.2) is 24.3 Å². The molecule has 1 atom stereocenters. The number of piperidine rings is 1. The van der Waals surface area contributed by atoms with Crippen molar-refractivity contribution in [2.24, 2.45) is 0 Å². The maximum Gasteiger partial charge on any atom is 0.247 e. The van der Waals surface area contributed by atoms with Gasteiger partial charge in [-0.1, -0.05) is 12.1 Å². The van der Waals surface area contributed by atoms with E-state index in [0.717, 1.165) is 11.4 Å². The molecule has 128 valence electrons. The second-order valence-corrected chi connectivity index (χ2v) is 6.42. The molecule has 0 radical (unpaired) electrons. The second kappa shape index (κ2) is 6.07. The average molecular weight is 331 g/mol. The van der Waals surface area contributed by atoms with Crippen molar-refractivity contribution >= 4 is 23.2 Å². The molecule has 3 aliphatic rings. The number of carbonyl (C=O) groups excluding carboxylic acids is 2. The van der Waals surface area contributed by atoms with Crippen LogP contribution >= 0.6 is 0 Å². The Hall–Kier alpha value is -2.12. The quantitative estimate of drug-likeness (QED) is 0.850. The number of nitrogens with zero attached hydrogens (tertiary/aromatic N) is 1. The van der Waals surface area contributed by atoms with Crippen molar-refractivity contribution in [1.82, 2.24) is 4.90 Å². The van der Waals surface area contributed by atoms with Crippen molar-refractivity contribution in [3.05, 3.63) is 24.3 Å². The van der Waals surface area contributed by atoms with Crippen LogP contribution in [0.2, 0.25) is 0 Å².